The van der Waals surface area contributed by atoms with E-state index < -0.39 is 15.6 Å². The fourth-order valence-corrected chi connectivity index (χ4v) is 5.50. The standard InChI is InChI=1S/C40H32N4.2F6P/c1-2-39(33-8-4-31(5-9-33)29-43-24-16-37(17-25-43)35-12-20-41-21-13-35)28-40(3-1)34-10-6-32(7-11-34)30-44-26-18-38(19-27-44)36-14-22-42-23-15-36;2*1-7(2,3,4,5)6/h1-28H,29-30H2;;/q+2;2*-1. The van der Waals surface area contributed by atoms with Crippen molar-refractivity contribution in [3.63, 3.8) is 0 Å². The third-order valence-electron chi connectivity index (χ3n) is 7.98. The maximum absolute atomic E-state index is 10.7. The number of pyridine rings is 4. The topological polar surface area (TPSA) is 33.5 Å². The van der Waals surface area contributed by atoms with Crippen LogP contribution in [0.4, 0.5) is 50.4 Å². The van der Waals surface area contributed by atoms with Crippen LogP contribution in [0.2, 0.25) is 0 Å². The second-order valence-corrected chi connectivity index (χ2v) is 16.7. The number of rotatable bonds is 8. The first-order valence-electron chi connectivity index (χ1n) is 16.9. The summed E-state index contributed by atoms with van der Waals surface area (Å²) in [5, 5.41) is 0. The second kappa shape index (κ2) is 15.2. The van der Waals surface area contributed by atoms with E-state index in [1.165, 1.54) is 55.6 Å². The second-order valence-electron chi connectivity index (χ2n) is 12.9. The van der Waals surface area contributed by atoms with Crippen LogP contribution < -0.4 is 9.13 Å². The molecule has 0 aliphatic rings. The Morgan fingerprint density at radius 1 is 0.328 bits per heavy atom. The zero-order chi connectivity index (χ0) is 42.4. The van der Waals surface area contributed by atoms with Gasteiger partial charge in [0.15, 0.2) is 37.9 Å². The van der Waals surface area contributed by atoms with E-state index in [0.717, 1.165) is 13.1 Å². The van der Waals surface area contributed by atoms with Crippen molar-refractivity contribution in [3.05, 3.63) is 182 Å². The van der Waals surface area contributed by atoms with E-state index in [9.17, 15) is 50.4 Å². The van der Waals surface area contributed by atoms with Crippen LogP contribution in [0.15, 0.2) is 171 Å². The van der Waals surface area contributed by atoms with E-state index in [1.807, 2.05) is 49.1 Å². The van der Waals surface area contributed by atoms with Crippen molar-refractivity contribution in [2.75, 3.05) is 0 Å². The molecule has 0 aliphatic heterocycles. The van der Waals surface area contributed by atoms with E-state index in [1.54, 1.807) is 0 Å². The Balaban J connectivity index is 0.000000393. The Labute approximate surface area is 324 Å². The van der Waals surface area contributed by atoms with Crippen molar-refractivity contribution in [1.82, 2.24) is 9.97 Å². The summed E-state index contributed by atoms with van der Waals surface area (Å²) in [4.78, 5) is 8.22. The summed E-state index contributed by atoms with van der Waals surface area (Å²) in [5.74, 6) is 0. The summed E-state index contributed by atoms with van der Waals surface area (Å²) >= 11 is 0. The molecule has 7 aromatic rings. The van der Waals surface area contributed by atoms with Gasteiger partial charge in [-0.3, -0.25) is 9.97 Å². The molecule has 0 N–H and O–H groups in total. The Hall–Kier alpha value is -5.72. The largest absolute Gasteiger partial charge is 0.265 e. The van der Waals surface area contributed by atoms with Crippen molar-refractivity contribution < 1.29 is 59.5 Å². The molecule has 3 aromatic carbocycles. The summed E-state index contributed by atoms with van der Waals surface area (Å²) in [7, 11) is -21.3. The average Bonchev–Trinajstić information content (AvgIpc) is 3.14. The maximum Gasteiger partial charge on any atom is 0.173 e. The van der Waals surface area contributed by atoms with Crippen LogP contribution in [0.3, 0.4) is 0 Å². The number of nitrogens with zero attached hydrogens (tertiary/aromatic N) is 4. The van der Waals surface area contributed by atoms with Gasteiger partial charge in [-0.05, 0) is 74.8 Å². The SMILES string of the molecule is F[P-](F)(F)(F)(F)F.F[P-](F)(F)(F)(F)F.c1cc(-c2ccc(C[n+]3ccc(-c4ccncc4)cc3)cc2)cc(-c2ccc(C[n+]3ccc(-c4ccncc4)cc3)cc2)c1. The summed E-state index contributed by atoms with van der Waals surface area (Å²) in [6.07, 6.45) is 15.9. The third kappa shape index (κ3) is 17.2. The average molecular weight is 859 g/mol. The molecule has 0 bridgehead atoms. The first kappa shape index (κ1) is 43.4. The molecule has 0 fully saturated rings. The van der Waals surface area contributed by atoms with E-state index in [0.29, 0.717) is 0 Å². The minimum atomic E-state index is -10.7. The number of aromatic nitrogens is 4. The molecular formula is C40H32F12N4P2. The van der Waals surface area contributed by atoms with E-state index in [4.69, 9.17) is 0 Å². The molecule has 0 aliphatic carbocycles. The van der Waals surface area contributed by atoms with Crippen LogP contribution in [-0.4, -0.2) is 9.97 Å². The predicted octanol–water partition coefficient (Wildman–Crippen LogP) is 14.6. The molecule has 7 rings (SSSR count). The van der Waals surface area contributed by atoms with Gasteiger partial charge in [0.05, 0.1) is 0 Å². The van der Waals surface area contributed by atoms with Crippen molar-refractivity contribution >= 4 is 15.6 Å². The Bertz CT molecular complexity index is 2240. The van der Waals surface area contributed by atoms with Crippen LogP contribution >= 0.6 is 15.6 Å². The van der Waals surface area contributed by atoms with Crippen LogP contribution in [0, 0.1) is 0 Å². The van der Waals surface area contributed by atoms with Crippen molar-refractivity contribution in [1.29, 1.82) is 0 Å². The molecule has 306 valence electrons. The fraction of sp³-hybridized carbons (Fsp3) is 0.0500. The number of hydrogen-bond acceptors (Lipinski definition) is 2. The van der Waals surface area contributed by atoms with Crippen molar-refractivity contribution in [2.24, 2.45) is 0 Å². The Morgan fingerprint density at radius 3 is 0.879 bits per heavy atom. The number of halogens is 12. The smallest absolute Gasteiger partial charge is 0.173 e. The van der Waals surface area contributed by atoms with Gasteiger partial charge in [0.25, 0.3) is 0 Å². The van der Waals surface area contributed by atoms with Crippen LogP contribution in [0.5, 0.6) is 0 Å². The van der Waals surface area contributed by atoms with Gasteiger partial charge < -0.3 is 0 Å². The molecule has 4 aromatic heterocycles. The first-order valence-corrected chi connectivity index (χ1v) is 20.9. The molecule has 0 radical (unpaired) electrons. The number of hydrogen-bond donors (Lipinski definition) is 0. The quantitative estimate of drug-likeness (QED) is 0.0867. The molecule has 4 nitrogen and oxygen atoms in total. The molecule has 58 heavy (non-hydrogen) atoms. The monoisotopic (exact) mass is 858 g/mol. The zero-order valence-corrected chi connectivity index (χ0v) is 31.6. The van der Waals surface area contributed by atoms with Crippen LogP contribution in [-0.2, 0) is 13.1 Å². The molecule has 0 unspecified atom stereocenters. The van der Waals surface area contributed by atoms with Crippen LogP contribution in [0.1, 0.15) is 11.1 Å². The Kier molecular flexibility index (Phi) is 11.4. The van der Waals surface area contributed by atoms with Gasteiger partial charge in [-0.25, -0.2) is 9.13 Å². The Morgan fingerprint density at radius 2 is 0.586 bits per heavy atom. The van der Waals surface area contributed by atoms with E-state index in [-0.39, 0.29) is 0 Å². The van der Waals surface area contributed by atoms with Crippen molar-refractivity contribution in [3.8, 4) is 44.5 Å². The summed E-state index contributed by atoms with van der Waals surface area (Å²) in [5.41, 5.74) is 12.2. The number of benzene rings is 3. The summed E-state index contributed by atoms with van der Waals surface area (Å²) < 4.78 is 123. The van der Waals surface area contributed by atoms with Gasteiger partial charge >= 0.3 is 66.0 Å². The molecule has 4 heterocycles. The van der Waals surface area contributed by atoms with Gasteiger partial charge in [-0.15, -0.1) is 0 Å². The molecular weight excluding hydrogens is 826 g/mol. The molecule has 0 saturated heterocycles. The van der Waals surface area contributed by atoms with E-state index >= 15 is 0 Å². The molecule has 18 heteroatoms. The van der Waals surface area contributed by atoms with Gasteiger partial charge in [-0.1, -0.05) is 66.7 Å². The molecule has 0 spiro atoms. The molecule has 0 atom stereocenters. The van der Waals surface area contributed by atoms with Gasteiger partial charge in [0.2, 0.25) is 0 Å². The van der Waals surface area contributed by atoms with Gasteiger partial charge in [0.1, 0.15) is 0 Å². The zero-order valence-electron chi connectivity index (χ0n) is 29.8. The minimum absolute atomic E-state index is 0.830. The maximum atomic E-state index is 9.87. The van der Waals surface area contributed by atoms with Gasteiger partial charge in [0, 0.05) is 60.2 Å². The van der Waals surface area contributed by atoms with Crippen LogP contribution in [0.25, 0.3) is 44.5 Å². The van der Waals surface area contributed by atoms with Gasteiger partial charge in [-0.2, -0.15) is 0 Å². The summed E-state index contributed by atoms with van der Waals surface area (Å²) in [6.45, 7) is 1.66. The third-order valence-corrected chi connectivity index (χ3v) is 7.98. The fourth-order valence-electron chi connectivity index (χ4n) is 5.50. The van der Waals surface area contributed by atoms with E-state index in [2.05, 4.69) is 141 Å². The molecule has 0 saturated carbocycles. The van der Waals surface area contributed by atoms with Crippen molar-refractivity contribution in [2.45, 2.75) is 13.1 Å². The minimum Gasteiger partial charge on any atom is -0.265 e. The normalized spacial score (nSPS) is 13.9. The summed E-state index contributed by atoms with van der Waals surface area (Å²) in [6, 6.07) is 43.3. The molecule has 0 amide bonds. The first-order chi connectivity index (χ1) is 26.7. The predicted molar refractivity (Wildman–Crippen MR) is 202 cm³/mol.